The second-order valence-electron chi connectivity index (χ2n) is 6.89. The van der Waals surface area contributed by atoms with Crippen molar-refractivity contribution in [3.05, 3.63) is 70.3 Å². The summed E-state index contributed by atoms with van der Waals surface area (Å²) in [5.74, 6) is 0. The predicted octanol–water partition coefficient (Wildman–Crippen LogP) is 3.30. The highest BCUT2D eigenvalue weighted by Gasteiger charge is 2.24. The van der Waals surface area contributed by atoms with Crippen molar-refractivity contribution >= 4 is 49.1 Å². The number of para-hydroxylation sites is 1. The molecule has 0 amide bonds. The second-order valence-corrected chi connectivity index (χ2v) is 8.95. The van der Waals surface area contributed by atoms with Gasteiger partial charge in [0, 0.05) is 22.2 Å². The molecule has 0 fully saturated rings. The molecule has 1 unspecified atom stereocenters. The first-order valence-electron chi connectivity index (χ1n) is 9.20. The van der Waals surface area contributed by atoms with E-state index >= 15 is 0 Å². The number of halogens is 1. The van der Waals surface area contributed by atoms with E-state index in [1.807, 2.05) is 6.21 Å². The molecule has 0 spiro atoms. The van der Waals surface area contributed by atoms with Crippen LogP contribution in [0.4, 0.5) is 5.69 Å². The summed E-state index contributed by atoms with van der Waals surface area (Å²) in [5, 5.41) is 8.13. The minimum Gasteiger partial charge on any atom is -0.726 e. The van der Waals surface area contributed by atoms with E-state index in [1.54, 1.807) is 0 Å². The zero-order valence-electron chi connectivity index (χ0n) is 16.8. The Labute approximate surface area is 184 Å². The Kier molecular flexibility index (Phi) is 6.87. The van der Waals surface area contributed by atoms with Gasteiger partial charge >= 0.3 is 0 Å². The lowest BCUT2D eigenvalue weighted by atomic mass is 10.1. The molecule has 0 aliphatic carbocycles. The molecule has 30 heavy (non-hydrogen) atoms. The van der Waals surface area contributed by atoms with Gasteiger partial charge in [0.05, 0.1) is 30.4 Å². The summed E-state index contributed by atoms with van der Waals surface area (Å²) in [6.45, 7) is 2.22. The summed E-state index contributed by atoms with van der Waals surface area (Å²) in [5.41, 5.74) is 4.90. The average Bonchev–Trinajstić information content (AvgIpc) is 3.02. The van der Waals surface area contributed by atoms with E-state index in [0.29, 0.717) is 6.04 Å². The Morgan fingerprint density at radius 1 is 1.27 bits per heavy atom. The largest absolute Gasteiger partial charge is 0.726 e. The van der Waals surface area contributed by atoms with Gasteiger partial charge in [-0.1, -0.05) is 34.1 Å². The van der Waals surface area contributed by atoms with E-state index in [4.69, 9.17) is 5.10 Å². The third-order valence-corrected chi connectivity index (χ3v) is 5.73. The molecule has 1 aliphatic heterocycles. The molecule has 7 nitrogen and oxygen atoms in total. The van der Waals surface area contributed by atoms with E-state index in [2.05, 4.69) is 98.4 Å². The number of aryl methyl sites for hydroxylation is 1. The molecule has 1 aromatic heterocycles. The zero-order chi connectivity index (χ0) is 21.9. The molecule has 2 heterocycles. The van der Waals surface area contributed by atoms with Gasteiger partial charge in [-0.3, -0.25) is 9.19 Å². The van der Waals surface area contributed by atoms with Crippen LogP contribution < -0.4 is 9.58 Å². The number of hydrazone groups is 1. The first kappa shape index (κ1) is 22.4. The molecule has 1 aliphatic rings. The maximum Gasteiger partial charge on any atom is 0.217 e. The number of benzene rings is 2. The molecule has 0 saturated heterocycles. The maximum absolute atomic E-state index is 9.22. The van der Waals surface area contributed by atoms with Crippen LogP contribution in [0.25, 0.3) is 10.9 Å². The number of pyridine rings is 1. The van der Waals surface area contributed by atoms with Crippen molar-refractivity contribution in [1.29, 1.82) is 0 Å². The first-order valence-corrected chi connectivity index (χ1v) is 11.3. The smallest absolute Gasteiger partial charge is 0.217 e. The lowest BCUT2D eigenvalue weighted by molar-refractivity contribution is -0.644. The van der Waals surface area contributed by atoms with Gasteiger partial charge in [0.1, 0.15) is 7.05 Å². The van der Waals surface area contributed by atoms with E-state index in [1.165, 1.54) is 22.2 Å². The molecule has 4 rings (SSSR count). The highest BCUT2D eigenvalue weighted by Crippen LogP contribution is 2.32. The summed E-state index contributed by atoms with van der Waals surface area (Å²) in [6.07, 6.45) is 5.11. The highest BCUT2D eigenvalue weighted by atomic mass is 79.9. The second kappa shape index (κ2) is 9.22. The van der Waals surface area contributed by atoms with Gasteiger partial charge in [0.15, 0.2) is 6.20 Å². The van der Waals surface area contributed by atoms with Crippen molar-refractivity contribution in [2.45, 2.75) is 19.4 Å². The molecule has 0 saturated carbocycles. The number of nitrogens with zero attached hydrogens (tertiary/aromatic N) is 3. The van der Waals surface area contributed by atoms with Crippen molar-refractivity contribution in [2.75, 3.05) is 12.1 Å². The van der Waals surface area contributed by atoms with Crippen LogP contribution in [0.2, 0.25) is 0 Å². The van der Waals surface area contributed by atoms with Gasteiger partial charge in [-0.05, 0) is 37.1 Å². The summed E-state index contributed by atoms with van der Waals surface area (Å²) in [7, 11) is -1.54. The maximum atomic E-state index is 9.22. The summed E-state index contributed by atoms with van der Waals surface area (Å²) >= 11 is 3.58. The van der Waals surface area contributed by atoms with Crippen LogP contribution >= 0.6 is 15.9 Å². The van der Waals surface area contributed by atoms with Gasteiger partial charge < -0.3 is 4.55 Å². The van der Waals surface area contributed by atoms with Gasteiger partial charge in [0.2, 0.25) is 15.9 Å². The van der Waals surface area contributed by atoms with E-state index in [0.717, 1.165) is 23.6 Å². The van der Waals surface area contributed by atoms with E-state index < -0.39 is 10.4 Å². The summed E-state index contributed by atoms with van der Waals surface area (Å²) < 4.78 is 34.2. The Morgan fingerprint density at radius 3 is 2.67 bits per heavy atom. The van der Waals surface area contributed by atoms with Crippen LogP contribution in [0.15, 0.2) is 64.3 Å². The molecule has 1 atom stereocenters. The molecule has 9 heteroatoms. The molecule has 0 bridgehead atoms. The lowest BCUT2D eigenvalue weighted by Crippen LogP contribution is -2.28. The molecular weight excluding hydrogens is 470 g/mol. The number of rotatable bonds is 3. The average molecular weight is 492 g/mol. The molecular formula is C21H22BrN3O4S. The highest BCUT2D eigenvalue weighted by molar-refractivity contribution is 9.10. The number of hydrogen-bond donors (Lipinski definition) is 0. The number of aromatic nitrogens is 1. The summed E-state index contributed by atoms with van der Waals surface area (Å²) in [6, 6.07) is 17.4. The predicted molar refractivity (Wildman–Crippen MR) is 119 cm³/mol. The van der Waals surface area contributed by atoms with Crippen LogP contribution in [-0.2, 0) is 28.1 Å². The SMILES string of the molecule is CC1Cc2ccccc2N1/N=C/c1cc[n+](C)c2ccc(Br)cc12.COS(=O)(=O)[O-]. The fourth-order valence-corrected chi connectivity index (χ4v) is 3.73. The van der Waals surface area contributed by atoms with Crippen LogP contribution in [0.3, 0.4) is 0 Å². The van der Waals surface area contributed by atoms with Crippen LogP contribution in [0, 0.1) is 0 Å². The Bertz CT molecular complexity index is 1200. The Balaban J connectivity index is 0.000000377. The normalized spacial score (nSPS) is 15.9. The minimum atomic E-state index is -4.41. The van der Waals surface area contributed by atoms with Crippen molar-refractivity contribution < 1.29 is 21.7 Å². The molecule has 2 aromatic carbocycles. The quantitative estimate of drug-likeness (QED) is 0.243. The van der Waals surface area contributed by atoms with Crippen molar-refractivity contribution in [1.82, 2.24) is 0 Å². The molecule has 158 valence electrons. The van der Waals surface area contributed by atoms with E-state index in [9.17, 15) is 13.0 Å². The fourth-order valence-electron chi connectivity index (χ4n) is 3.37. The standard InChI is InChI=1S/C20H19BrN3.CH4O4S/c1-14-11-15-5-3-4-6-19(15)24(14)22-13-16-9-10-23(2)20-8-7-17(21)12-18(16)20;1-5-6(2,3)4/h3-10,12-14H,11H2,1-2H3;1H3,(H,2,3,4)/q+1;/p-1. The molecule has 0 N–H and O–H groups in total. The Hall–Kier alpha value is -2.33. The van der Waals surface area contributed by atoms with Gasteiger partial charge in [-0.2, -0.15) is 5.10 Å². The van der Waals surface area contributed by atoms with Crippen molar-refractivity contribution in [3.8, 4) is 0 Å². The minimum absolute atomic E-state index is 0.386. The van der Waals surface area contributed by atoms with Gasteiger partial charge in [-0.15, -0.1) is 0 Å². The Morgan fingerprint density at radius 2 is 1.97 bits per heavy atom. The number of fused-ring (bicyclic) bond motifs is 2. The monoisotopic (exact) mass is 491 g/mol. The fraction of sp³-hybridized carbons (Fsp3) is 0.238. The topological polar surface area (TPSA) is 85.9 Å². The van der Waals surface area contributed by atoms with Gasteiger partial charge in [0.25, 0.3) is 0 Å². The zero-order valence-corrected chi connectivity index (χ0v) is 19.2. The number of hydrogen-bond acceptors (Lipinski definition) is 6. The van der Waals surface area contributed by atoms with Gasteiger partial charge in [-0.25, -0.2) is 13.0 Å². The summed E-state index contributed by atoms with van der Waals surface area (Å²) in [4.78, 5) is 0. The molecule has 0 radical (unpaired) electrons. The van der Waals surface area contributed by atoms with Crippen molar-refractivity contribution in [3.63, 3.8) is 0 Å². The van der Waals surface area contributed by atoms with Crippen LogP contribution in [-0.4, -0.2) is 32.3 Å². The number of anilines is 1. The van der Waals surface area contributed by atoms with Crippen LogP contribution in [0.5, 0.6) is 0 Å². The first-order chi connectivity index (χ1) is 14.2. The lowest BCUT2D eigenvalue weighted by Gasteiger charge is -2.18. The van der Waals surface area contributed by atoms with Crippen LogP contribution in [0.1, 0.15) is 18.1 Å². The third-order valence-electron chi connectivity index (χ3n) is 4.82. The molecule has 3 aromatic rings. The third kappa shape index (κ3) is 5.23. The van der Waals surface area contributed by atoms with Crippen molar-refractivity contribution in [2.24, 2.45) is 12.1 Å². The van der Waals surface area contributed by atoms with E-state index in [-0.39, 0.29) is 0 Å².